The smallest absolute Gasteiger partial charge is 0.183 e. The molecule has 0 unspecified atom stereocenters. The van der Waals surface area contributed by atoms with Crippen molar-refractivity contribution >= 4 is 5.90 Å². The van der Waals surface area contributed by atoms with Crippen molar-refractivity contribution < 1.29 is 14.9 Å². The lowest BCUT2D eigenvalue weighted by molar-refractivity contribution is 0.0973. The van der Waals surface area contributed by atoms with Gasteiger partial charge in [0.1, 0.15) is 12.1 Å². The topological polar surface area (TPSA) is 62.1 Å². The summed E-state index contributed by atoms with van der Waals surface area (Å²) in [6.07, 6.45) is 0.710. The number of aliphatic hydroxyl groups is 2. The van der Waals surface area contributed by atoms with E-state index in [9.17, 15) is 0 Å². The third-order valence-corrected chi connectivity index (χ3v) is 1.76. The number of ether oxygens (including phenoxy) is 1. The molecule has 64 valence electrons. The standard InChI is InChI=1S/C7H13NO3/c1-2-6-8-7(3-9,4-10)5-11-6/h9-10H,2-5H2,1H3. The molecule has 0 radical (unpaired) electrons. The molecule has 0 saturated heterocycles. The van der Waals surface area contributed by atoms with Gasteiger partial charge >= 0.3 is 0 Å². The Morgan fingerprint density at radius 2 is 2.18 bits per heavy atom. The first-order valence-corrected chi connectivity index (χ1v) is 3.69. The van der Waals surface area contributed by atoms with E-state index in [1.165, 1.54) is 0 Å². The molecular formula is C7H13NO3. The van der Waals surface area contributed by atoms with Crippen molar-refractivity contribution in [3.63, 3.8) is 0 Å². The van der Waals surface area contributed by atoms with E-state index in [0.29, 0.717) is 18.9 Å². The van der Waals surface area contributed by atoms with Gasteiger partial charge in [-0.05, 0) is 0 Å². The van der Waals surface area contributed by atoms with E-state index < -0.39 is 5.54 Å². The average molecular weight is 159 g/mol. The monoisotopic (exact) mass is 159 g/mol. The van der Waals surface area contributed by atoms with Crippen LogP contribution < -0.4 is 0 Å². The van der Waals surface area contributed by atoms with Gasteiger partial charge in [-0.2, -0.15) is 0 Å². The van der Waals surface area contributed by atoms with Crippen molar-refractivity contribution in [2.75, 3.05) is 19.8 Å². The van der Waals surface area contributed by atoms with Crippen LogP contribution in [0, 0.1) is 0 Å². The molecule has 0 aromatic carbocycles. The van der Waals surface area contributed by atoms with E-state index in [-0.39, 0.29) is 13.2 Å². The summed E-state index contributed by atoms with van der Waals surface area (Å²) < 4.78 is 5.13. The van der Waals surface area contributed by atoms with Crippen molar-refractivity contribution in [2.45, 2.75) is 18.9 Å². The second-order valence-electron chi connectivity index (χ2n) is 2.69. The predicted octanol–water partition coefficient (Wildman–Crippen LogP) is -0.452. The van der Waals surface area contributed by atoms with Crippen LogP contribution in [0.25, 0.3) is 0 Å². The summed E-state index contributed by atoms with van der Waals surface area (Å²) in [7, 11) is 0. The van der Waals surface area contributed by atoms with Crippen LogP contribution >= 0.6 is 0 Å². The third-order valence-electron chi connectivity index (χ3n) is 1.76. The van der Waals surface area contributed by atoms with Crippen molar-refractivity contribution in [2.24, 2.45) is 4.99 Å². The molecular weight excluding hydrogens is 146 g/mol. The number of hydrogen-bond donors (Lipinski definition) is 2. The highest BCUT2D eigenvalue weighted by Crippen LogP contribution is 2.18. The van der Waals surface area contributed by atoms with Crippen LogP contribution in [0.4, 0.5) is 0 Å². The number of aliphatic hydroxyl groups excluding tert-OH is 2. The lowest BCUT2D eigenvalue weighted by atomic mass is 10.1. The lowest BCUT2D eigenvalue weighted by Gasteiger charge is -2.16. The molecule has 0 spiro atoms. The fourth-order valence-corrected chi connectivity index (χ4v) is 0.940. The molecule has 0 bridgehead atoms. The molecule has 1 heterocycles. The summed E-state index contributed by atoms with van der Waals surface area (Å²) in [5.74, 6) is 0.619. The molecule has 0 aliphatic carbocycles. The SMILES string of the molecule is CCC1=NC(CO)(CO)CO1. The molecule has 0 atom stereocenters. The van der Waals surface area contributed by atoms with Crippen molar-refractivity contribution in [1.82, 2.24) is 0 Å². The first-order valence-electron chi connectivity index (χ1n) is 3.69. The number of rotatable bonds is 3. The van der Waals surface area contributed by atoms with Gasteiger partial charge in [0.15, 0.2) is 5.90 Å². The zero-order chi connectivity index (χ0) is 8.32. The first kappa shape index (κ1) is 8.49. The van der Waals surface area contributed by atoms with Gasteiger partial charge in [-0.25, -0.2) is 4.99 Å². The van der Waals surface area contributed by atoms with Crippen molar-refractivity contribution in [3.8, 4) is 0 Å². The first-order chi connectivity index (χ1) is 5.26. The molecule has 0 aromatic heterocycles. The highest BCUT2D eigenvalue weighted by molar-refractivity contribution is 5.77. The molecule has 1 rings (SSSR count). The van der Waals surface area contributed by atoms with E-state index in [1.807, 2.05) is 6.92 Å². The maximum atomic E-state index is 8.88. The molecule has 1 aliphatic rings. The highest BCUT2D eigenvalue weighted by atomic mass is 16.5. The quantitative estimate of drug-likeness (QED) is 0.586. The number of aliphatic imine (C=N–C) groups is 1. The molecule has 11 heavy (non-hydrogen) atoms. The maximum Gasteiger partial charge on any atom is 0.183 e. The van der Waals surface area contributed by atoms with Crippen LogP contribution in [-0.2, 0) is 4.74 Å². The van der Waals surface area contributed by atoms with Gasteiger partial charge in [0.25, 0.3) is 0 Å². The Kier molecular flexibility index (Phi) is 2.46. The molecule has 0 aromatic rings. The van der Waals surface area contributed by atoms with Crippen LogP contribution in [0.5, 0.6) is 0 Å². The molecule has 4 nitrogen and oxygen atoms in total. The fourth-order valence-electron chi connectivity index (χ4n) is 0.940. The van der Waals surface area contributed by atoms with Gasteiger partial charge in [0, 0.05) is 6.42 Å². The van der Waals surface area contributed by atoms with E-state index in [1.54, 1.807) is 0 Å². The van der Waals surface area contributed by atoms with Crippen LogP contribution in [0.3, 0.4) is 0 Å². The van der Waals surface area contributed by atoms with Crippen LogP contribution in [0.1, 0.15) is 13.3 Å². The van der Waals surface area contributed by atoms with Crippen LogP contribution in [0.2, 0.25) is 0 Å². The van der Waals surface area contributed by atoms with Crippen LogP contribution in [-0.4, -0.2) is 41.5 Å². The lowest BCUT2D eigenvalue weighted by Crippen LogP contribution is -2.37. The van der Waals surface area contributed by atoms with Gasteiger partial charge in [0.2, 0.25) is 0 Å². The molecule has 4 heteroatoms. The maximum absolute atomic E-state index is 8.88. The third kappa shape index (κ3) is 1.52. The van der Waals surface area contributed by atoms with E-state index >= 15 is 0 Å². The summed E-state index contributed by atoms with van der Waals surface area (Å²) in [5, 5.41) is 17.8. The van der Waals surface area contributed by atoms with Gasteiger partial charge in [0.05, 0.1) is 13.2 Å². The number of nitrogens with zero attached hydrogens (tertiary/aromatic N) is 1. The largest absolute Gasteiger partial charge is 0.478 e. The minimum absolute atomic E-state index is 0.160. The van der Waals surface area contributed by atoms with Crippen molar-refractivity contribution in [1.29, 1.82) is 0 Å². The summed E-state index contributed by atoms with van der Waals surface area (Å²) in [6, 6.07) is 0. The van der Waals surface area contributed by atoms with Crippen molar-refractivity contribution in [3.05, 3.63) is 0 Å². The zero-order valence-corrected chi connectivity index (χ0v) is 6.58. The minimum Gasteiger partial charge on any atom is -0.478 e. The summed E-state index contributed by atoms with van der Waals surface area (Å²) in [6.45, 7) is 1.90. The van der Waals surface area contributed by atoms with Crippen LogP contribution in [0.15, 0.2) is 4.99 Å². The Morgan fingerprint density at radius 3 is 2.45 bits per heavy atom. The Labute approximate surface area is 65.5 Å². The average Bonchev–Trinajstić information content (AvgIpc) is 2.49. The summed E-state index contributed by atoms with van der Waals surface area (Å²) in [5.41, 5.74) is -0.772. The van der Waals surface area contributed by atoms with E-state index in [0.717, 1.165) is 0 Å². The zero-order valence-electron chi connectivity index (χ0n) is 6.58. The second-order valence-corrected chi connectivity index (χ2v) is 2.69. The Hall–Kier alpha value is -0.610. The Balaban J connectivity index is 2.67. The predicted molar refractivity (Wildman–Crippen MR) is 40.6 cm³/mol. The Morgan fingerprint density at radius 1 is 1.55 bits per heavy atom. The summed E-state index contributed by atoms with van der Waals surface area (Å²) in [4.78, 5) is 4.07. The van der Waals surface area contributed by atoms with Gasteiger partial charge in [-0.1, -0.05) is 6.92 Å². The molecule has 0 saturated carbocycles. The number of hydrogen-bond acceptors (Lipinski definition) is 4. The molecule has 1 aliphatic heterocycles. The second kappa shape index (κ2) is 3.19. The van der Waals surface area contributed by atoms with Gasteiger partial charge < -0.3 is 14.9 Å². The molecule has 2 N–H and O–H groups in total. The molecule has 0 amide bonds. The fraction of sp³-hybridized carbons (Fsp3) is 0.857. The highest BCUT2D eigenvalue weighted by Gasteiger charge is 2.34. The Bertz CT molecular complexity index is 163. The summed E-state index contributed by atoms with van der Waals surface area (Å²) >= 11 is 0. The normalized spacial score (nSPS) is 21.2. The van der Waals surface area contributed by atoms with Gasteiger partial charge in [-0.3, -0.25) is 0 Å². The minimum atomic E-state index is -0.772. The molecule has 0 fully saturated rings. The van der Waals surface area contributed by atoms with E-state index in [4.69, 9.17) is 14.9 Å². The van der Waals surface area contributed by atoms with E-state index in [2.05, 4.69) is 4.99 Å². The van der Waals surface area contributed by atoms with Gasteiger partial charge in [-0.15, -0.1) is 0 Å².